The van der Waals surface area contributed by atoms with E-state index in [0.717, 1.165) is 32.4 Å². The minimum atomic E-state index is -0.780. The Morgan fingerprint density at radius 2 is 2.00 bits per heavy atom. The largest absolute Gasteiger partial charge is 0.480 e. The summed E-state index contributed by atoms with van der Waals surface area (Å²) < 4.78 is 0. The summed E-state index contributed by atoms with van der Waals surface area (Å²) in [5, 5.41) is 36.7. The molecule has 28 heavy (non-hydrogen) atoms. The molecule has 0 bridgehead atoms. The molecule has 154 valence electrons. The van der Waals surface area contributed by atoms with Crippen LogP contribution in [-0.2, 0) is 9.59 Å². The van der Waals surface area contributed by atoms with Gasteiger partial charge in [0.2, 0.25) is 5.16 Å². The maximum Gasteiger partial charge on any atom is 0.320 e. The van der Waals surface area contributed by atoms with Gasteiger partial charge in [-0.2, -0.15) is 5.21 Å². The second-order valence-electron chi connectivity index (χ2n) is 8.21. The van der Waals surface area contributed by atoms with Crippen LogP contribution >= 0.6 is 11.8 Å². The molecule has 2 saturated heterocycles. The third-order valence-electron chi connectivity index (χ3n) is 6.45. The Hall–Kier alpha value is -1.72. The van der Waals surface area contributed by atoms with E-state index in [1.165, 1.54) is 11.8 Å². The predicted octanol–water partition coefficient (Wildman–Crippen LogP) is 0.298. The van der Waals surface area contributed by atoms with Crippen LogP contribution in [0.2, 0.25) is 0 Å². The number of nitrogens with one attached hydrogen (secondary N) is 2. The number of carboxylic acids is 2. The van der Waals surface area contributed by atoms with Crippen LogP contribution in [0.5, 0.6) is 0 Å². The van der Waals surface area contributed by atoms with Crippen LogP contribution in [0.25, 0.3) is 0 Å². The lowest BCUT2D eigenvalue weighted by atomic mass is 9.69. The topological polar surface area (TPSA) is 144 Å². The van der Waals surface area contributed by atoms with Crippen LogP contribution in [0.3, 0.4) is 0 Å². The summed E-state index contributed by atoms with van der Waals surface area (Å²) in [6, 6.07) is -0.934. The lowest BCUT2D eigenvalue weighted by Gasteiger charge is -2.42. The SMILES string of the molecule is O=C(O)[C@@H]1C[C@H]2C[C@@H](CN3C[C@@H](Sc4nn[nH]n4)C[C@H]3C(=O)O)CC[C@H]2CN1. The Balaban J connectivity index is 1.35. The van der Waals surface area contributed by atoms with Gasteiger partial charge in [0.05, 0.1) is 0 Å². The van der Waals surface area contributed by atoms with Gasteiger partial charge in [0.1, 0.15) is 12.1 Å². The van der Waals surface area contributed by atoms with Gasteiger partial charge in [-0.15, -0.1) is 10.2 Å². The maximum atomic E-state index is 11.8. The van der Waals surface area contributed by atoms with Crippen molar-refractivity contribution >= 4 is 23.7 Å². The molecule has 0 amide bonds. The lowest BCUT2D eigenvalue weighted by molar-refractivity contribution is -0.143. The summed E-state index contributed by atoms with van der Waals surface area (Å²) >= 11 is 1.47. The Morgan fingerprint density at radius 1 is 1.14 bits per heavy atom. The van der Waals surface area contributed by atoms with Crippen LogP contribution in [0.4, 0.5) is 0 Å². The second kappa shape index (κ2) is 8.34. The molecule has 3 heterocycles. The quantitative estimate of drug-likeness (QED) is 0.516. The first kappa shape index (κ1) is 19.6. The zero-order valence-electron chi connectivity index (χ0n) is 15.5. The van der Waals surface area contributed by atoms with Crippen LogP contribution in [0, 0.1) is 17.8 Å². The number of rotatable bonds is 6. The van der Waals surface area contributed by atoms with Gasteiger partial charge in [0, 0.05) is 18.3 Å². The first-order chi connectivity index (χ1) is 13.5. The number of H-pyrrole nitrogens is 1. The third-order valence-corrected chi connectivity index (χ3v) is 7.51. The highest BCUT2D eigenvalue weighted by Gasteiger charge is 2.42. The molecule has 1 aromatic heterocycles. The molecule has 0 radical (unpaired) electrons. The number of thioether (sulfide) groups is 1. The first-order valence-electron chi connectivity index (χ1n) is 9.82. The molecular formula is C17H26N6O4S. The van der Waals surface area contributed by atoms with Crippen molar-refractivity contribution in [3.05, 3.63) is 0 Å². The Bertz CT molecular complexity index is 704. The van der Waals surface area contributed by atoms with E-state index in [2.05, 4.69) is 30.8 Å². The number of carboxylic acid groups (broad SMARTS) is 2. The maximum absolute atomic E-state index is 11.8. The van der Waals surface area contributed by atoms with Gasteiger partial charge in [-0.3, -0.25) is 14.5 Å². The van der Waals surface area contributed by atoms with E-state index in [9.17, 15) is 19.8 Å². The molecule has 3 fully saturated rings. The van der Waals surface area contributed by atoms with Crippen LogP contribution < -0.4 is 5.32 Å². The van der Waals surface area contributed by atoms with Gasteiger partial charge in [-0.05, 0) is 61.6 Å². The molecule has 6 atom stereocenters. The average molecular weight is 411 g/mol. The van der Waals surface area contributed by atoms with E-state index in [1.54, 1.807) is 0 Å². The van der Waals surface area contributed by atoms with E-state index in [0.29, 0.717) is 42.3 Å². The van der Waals surface area contributed by atoms with Crippen molar-refractivity contribution in [1.82, 2.24) is 30.8 Å². The highest BCUT2D eigenvalue weighted by Crippen LogP contribution is 2.40. The molecule has 0 spiro atoms. The van der Waals surface area contributed by atoms with E-state index in [1.807, 2.05) is 0 Å². The van der Waals surface area contributed by atoms with Crippen molar-refractivity contribution in [2.45, 2.75) is 54.6 Å². The van der Waals surface area contributed by atoms with Crippen molar-refractivity contribution < 1.29 is 19.8 Å². The van der Waals surface area contributed by atoms with Crippen molar-refractivity contribution in [3.63, 3.8) is 0 Å². The van der Waals surface area contributed by atoms with Crippen LogP contribution in [0.1, 0.15) is 32.1 Å². The van der Waals surface area contributed by atoms with Crippen LogP contribution in [-0.4, -0.2) is 84.6 Å². The zero-order chi connectivity index (χ0) is 19.7. The lowest BCUT2D eigenvalue weighted by Crippen LogP contribution is -2.50. The number of tetrazole rings is 1. The number of fused-ring (bicyclic) bond motifs is 1. The number of likely N-dealkylation sites (tertiary alicyclic amines) is 1. The highest BCUT2D eigenvalue weighted by molar-refractivity contribution is 7.99. The number of nitrogens with zero attached hydrogens (tertiary/aromatic N) is 4. The molecule has 4 rings (SSSR count). The first-order valence-corrected chi connectivity index (χ1v) is 10.7. The fourth-order valence-corrected chi connectivity index (χ4v) is 6.13. The van der Waals surface area contributed by atoms with Crippen molar-refractivity contribution in [1.29, 1.82) is 0 Å². The minimum Gasteiger partial charge on any atom is -0.480 e. The minimum absolute atomic E-state index is 0.130. The number of piperidine rings is 1. The van der Waals surface area contributed by atoms with E-state index < -0.39 is 24.0 Å². The molecule has 10 nitrogen and oxygen atoms in total. The van der Waals surface area contributed by atoms with Crippen LogP contribution in [0.15, 0.2) is 5.16 Å². The molecule has 0 unspecified atom stereocenters. The number of hydrogen-bond acceptors (Lipinski definition) is 8. The standard InChI is InChI=1S/C17H26N6O4S/c24-15(25)13-4-11-3-9(1-2-10(11)6-18-13)7-23-8-12(5-14(23)16(26)27)28-17-19-21-22-20-17/h9-14,18H,1-8H2,(H,24,25)(H,26,27)(H,19,20,21,22)/t9-,10-,11+,12-,13-,14-/m0/s1. The molecular weight excluding hydrogens is 384 g/mol. The zero-order valence-corrected chi connectivity index (χ0v) is 16.3. The van der Waals surface area contributed by atoms with Crippen molar-refractivity contribution in [2.24, 2.45) is 17.8 Å². The summed E-state index contributed by atoms with van der Waals surface area (Å²) in [6.07, 6.45) is 4.39. The summed E-state index contributed by atoms with van der Waals surface area (Å²) in [5.74, 6) is -0.173. The Kier molecular flexibility index (Phi) is 5.83. The third kappa shape index (κ3) is 4.31. The molecule has 4 N–H and O–H groups in total. The van der Waals surface area contributed by atoms with Gasteiger partial charge in [-0.25, -0.2) is 0 Å². The van der Waals surface area contributed by atoms with E-state index in [4.69, 9.17) is 0 Å². The smallest absolute Gasteiger partial charge is 0.320 e. The van der Waals surface area contributed by atoms with E-state index >= 15 is 0 Å². The molecule has 11 heteroatoms. The number of aromatic nitrogens is 4. The number of aliphatic carboxylic acids is 2. The Labute approximate surface area is 166 Å². The molecule has 3 aliphatic rings. The summed E-state index contributed by atoms with van der Waals surface area (Å²) in [7, 11) is 0. The fraction of sp³-hybridized carbons (Fsp3) is 0.824. The normalized spacial score (nSPS) is 36.1. The summed E-state index contributed by atoms with van der Waals surface area (Å²) in [4.78, 5) is 25.2. The van der Waals surface area contributed by atoms with E-state index in [-0.39, 0.29) is 5.25 Å². The van der Waals surface area contributed by atoms with Gasteiger partial charge in [0.15, 0.2) is 0 Å². The number of hydrogen-bond donors (Lipinski definition) is 4. The van der Waals surface area contributed by atoms with Crippen molar-refractivity contribution in [3.8, 4) is 0 Å². The fourth-order valence-electron chi connectivity index (χ4n) is 5.10. The summed E-state index contributed by atoms with van der Waals surface area (Å²) in [5.41, 5.74) is 0. The average Bonchev–Trinajstić information content (AvgIpc) is 3.31. The molecule has 1 saturated carbocycles. The van der Waals surface area contributed by atoms with Gasteiger partial charge in [-0.1, -0.05) is 11.8 Å². The number of carbonyl (C=O) groups is 2. The van der Waals surface area contributed by atoms with Gasteiger partial charge >= 0.3 is 11.9 Å². The number of aromatic amines is 1. The molecule has 2 aliphatic heterocycles. The van der Waals surface area contributed by atoms with Gasteiger partial charge < -0.3 is 15.5 Å². The van der Waals surface area contributed by atoms with Gasteiger partial charge in [0.25, 0.3) is 0 Å². The highest BCUT2D eigenvalue weighted by atomic mass is 32.2. The predicted molar refractivity (Wildman–Crippen MR) is 99.8 cm³/mol. The van der Waals surface area contributed by atoms with Crippen molar-refractivity contribution in [2.75, 3.05) is 19.6 Å². The second-order valence-corrected chi connectivity index (χ2v) is 9.48. The summed E-state index contributed by atoms with van der Waals surface area (Å²) in [6.45, 7) is 2.23. The Morgan fingerprint density at radius 3 is 2.71 bits per heavy atom. The monoisotopic (exact) mass is 410 g/mol. The molecule has 1 aromatic rings. The molecule has 0 aromatic carbocycles. The molecule has 1 aliphatic carbocycles.